The molecule has 0 aromatic heterocycles. The molecule has 2 aliphatic rings. The van der Waals surface area contributed by atoms with E-state index in [1.165, 1.54) is 6.07 Å². The molecule has 17 heavy (non-hydrogen) atoms. The van der Waals surface area contributed by atoms with Crippen LogP contribution < -0.4 is 9.47 Å². The molecule has 4 nitrogen and oxygen atoms in total. The van der Waals surface area contributed by atoms with Crippen LogP contribution >= 0.6 is 0 Å². The molecule has 1 aromatic carbocycles. The van der Waals surface area contributed by atoms with Crippen LogP contribution in [0.3, 0.4) is 0 Å². The normalized spacial score (nSPS) is 20.1. The Morgan fingerprint density at radius 1 is 1.29 bits per heavy atom. The van der Waals surface area contributed by atoms with Gasteiger partial charge in [-0.1, -0.05) is 0 Å². The maximum Gasteiger partial charge on any atom is 0.172 e. The highest BCUT2D eigenvalue weighted by atomic mass is 19.1. The number of halogens is 1. The molecule has 2 N–H and O–H groups in total. The molecule has 1 aliphatic carbocycles. The summed E-state index contributed by atoms with van der Waals surface area (Å²) in [6, 6.07) is 1.21. The van der Waals surface area contributed by atoms with Crippen LogP contribution in [0, 0.1) is 5.82 Å². The first kappa shape index (κ1) is 10.7. The molecule has 5 heteroatoms. The Morgan fingerprint density at radius 3 is 2.71 bits per heavy atom. The summed E-state index contributed by atoms with van der Waals surface area (Å²) in [6.07, 6.45) is 1.45. The van der Waals surface area contributed by atoms with Gasteiger partial charge in [0, 0.05) is 18.1 Å². The summed E-state index contributed by atoms with van der Waals surface area (Å²) >= 11 is 0. The van der Waals surface area contributed by atoms with Crippen molar-refractivity contribution in [3.63, 3.8) is 0 Å². The van der Waals surface area contributed by atoms with E-state index in [4.69, 9.17) is 9.47 Å². The summed E-state index contributed by atoms with van der Waals surface area (Å²) in [6.45, 7) is 0.727. The van der Waals surface area contributed by atoms with Crippen LogP contribution in [0.15, 0.2) is 6.07 Å². The molecule has 0 amide bonds. The van der Waals surface area contributed by atoms with Crippen LogP contribution in [0.4, 0.5) is 4.39 Å². The third kappa shape index (κ3) is 1.80. The summed E-state index contributed by atoms with van der Waals surface area (Å²) < 4.78 is 24.5. The molecule has 0 atom stereocenters. The average Bonchev–Trinajstić information content (AvgIpc) is 3.03. The van der Waals surface area contributed by atoms with Gasteiger partial charge in [0.25, 0.3) is 0 Å². The topological polar surface area (TPSA) is 58.9 Å². The third-order valence-corrected chi connectivity index (χ3v) is 3.18. The fourth-order valence-electron chi connectivity index (χ4n) is 2.02. The number of ether oxygens (including phenoxy) is 2. The summed E-state index contributed by atoms with van der Waals surface area (Å²) in [5.74, 6) is -0.538. The molecule has 1 aliphatic heterocycles. The van der Waals surface area contributed by atoms with Gasteiger partial charge < -0.3 is 19.7 Å². The summed E-state index contributed by atoms with van der Waals surface area (Å²) in [7, 11) is 0. The largest absolute Gasteiger partial charge is 0.505 e. The third-order valence-electron chi connectivity index (χ3n) is 3.18. The first-order chi connectivity index (χ1) is 8.09. The van der Waals surface area contributed by atoms with Crippen LogP contribution in [0.5, 0.6) is 17.2 Å². The average molecular weight is 240 g/mol. The van der Waals surface area contributed by atoms with Gasteiger partial charge in [-0.25, -0.2) is 4.39 Å². The van der Waals surface area contributed by atoms with Crippen LogP contribution in [-0.4, -0.2) is 29.0 Å². The monoisotopic (exact) mass is 240 g/mol. The zero-order valence-corrected chi connectivity index (χ0v) is 9.20. The van der Waals surface area contributed by atoms with Crippen molar-refractivity contribution < 1.29 is 24.1 Å². The Kier molecular flexibility index (Phi) is 2.19. The number of benzene rings is 1. The van der Waals surface area contributed by atoms with E-state index in [1.807, 2.05) is 0 Å². The minimum absolute atomic E-state index is 0.152. The number of phenolic OH excluding ortho intramolecular Hbond substituents is 1. The quantitative estimate of drug-likeness (QED) is 0.819. The van der Waals surface area contributed by atoms with Crippen molar-refractivity contribution in [3.8, 4) is 17.2 Å². The number of aliphatic hydroxyl groups is 1. The molecule has 0 radical (unpaired) electrons. The zero-order valence-electron chi connectivity index (χ0n) is 9.20. The van der Waals surface area contributed by atoms with Crippen LogP contribution in [0.2, 0.25) is 0 Å². The first-order valence-corrected chi connectivity index (χ1v) is 5.61. The lowest BCUT2D eigenvalue weighted by molar-refractivity contribution is 0.140. The second-order valence-electron chi connectivity index (χ2n) is 4.61. The number of rotatable bonds is 2. The molecule has 1 fully saturated rings. The highest BCUT2D eigenvalue weighted by Crippen LogP contribution is 2.46. The Morgan fingerprint density at radius 2 is 2.00 bits per heavy atom. The minimum atomic E-state index is -0.844. The van der Waals surface area contributed by atoms with Gasteiger partial charge in [0.1, 0.15) is 13.2 Å². The summed E-state index contributed by atoms with van der Waals surface area (Å²) in [5.41, 5.74) is -0.636. The van der Waals surface area contributed by atoms with Gasteiger partial charge in [0.05, 0.1) is 5.60 Å². The number of hydrogen-bond donors (Lipinski definition) is 2. The molecule has 0 spiro atoms. The van der Waals surface area contributed by atoms with E-state index >= 15 is 0 Å². The van der Waals surface area contributed by atoms with E-state index in [9.17, 15) is 14.6 Å². The summed E-state index contributed by atoms with van der Waals surface area (Å²) in [4.78, 5) is 0. The van der Waals surface area contributed by atoms with Gasteiger partial charge in [-0.15, -0.1) is 0 Å². The van der Waals surface area contributed by atoms with E-state index in [2.05, 4.69) is 0 Å². The van der Waals surface area contributed by atoms with Crippen molar-refractivity contribution in [3.05, 3.63) is 17.4 Å². The lowest BCUT2D eigenvalue weighted by Gasteiger charge is -2.23. The molecular weight excluding hydrogens is 227 g/mol. The number of hydrogen-bond acceptors (Lipinski definition) is 4. The standard InChI is InChI=1S/C12H13FO4/c13-10-7(6-12(15)1-2-12)11-9(5-8(10)14)16-3-4-17-11/h5,14-15H,1-4,6H2. The second-order valence-corrected chi connectivity index (χ2v) is 4.61. The molecule has 92 valence electrons. The van der Waals surface area contributed by atoms with Crippen molar-refractivity contribution in [2.45, 2.75) is 24.9 Å². The fourth-order valence-corrected chi connectivity index (χ4v) is 2.02. The van der Waals surface area contributed by atoms with E-state index in [0.717, 1.165) is 0 Å². The number of aromatic hydroxyl groups is 1. The van der Waals surface area contributed by atoms with Gasteiger partial charge in [0.2, 0.25) is 0 Å². The maximum atomic E-state index is 13.9. The number of phenols is 1. The lowest BCUT2D eigenvalue weighted by atomic mass is 10.0. The van der Waals surface area contributed by atoms with Gasteiger partial charge in [0.15, 0.2) is 23.1 Å². The fraction of sp³-hybridized carbons (Fsp3) is 0.500. The van der Waals surface area contributed by atoms with Gasteiger partial charge in [-0.3, -0.25) is 0 Å². The zero-order chi connectivity index (χ0) is 12.0. The van der Waals surface area contributed by atoms with Gasteiger partial charge >= 0.3 is 0 Å². The Bertz CT molecular complexity index is 468. The Labute approximate surface area is 97.6 Å². The van der Waals surface area contributed by atoms with E-state index in [1.54, 1.807) is 0 Å². The molecule has 1 aromatic rings. The lowest BCUT2D eigenvalue weighted by Crippen LogP contribution is -2.20. The van der Waals surface area contributed by atoms with Crippen LogP contribution in [-0.2, 0) is 6.42 Å². The minimum Gasteiger partial charge on any atom is -0.505 e. The predicted molar refractivity (Wildman–Crippen MR) is 56.9 cm³/mol. The molecule has 0 saturated heterocycles. The van der Waals surface area contributed by atoms with Gasteiger partial charge in [-0.2, -0.15) is 0 Å². The van der Waals surface area contributed by atoms with Crippen molar-refractivity contribution in [2.75, 3.05) is 13.2 Å². The van der Waals surface area contributed by atoms with E-state index < -0.39 is 17.2 Å². The SMILES string of the molecule is Oc1cc2c(c(CC3(O)CC3)c1F)OCCO2. The second kappa shape index (κ2) is 3.50. The smallest absolute Gasteiger partial charge is 0.172 e. The van der Waals surface area contributed by atoms with Crippen molar-refractivity contribution in [1.82, 2.24) is 0 Å². The molecule has 1 heterocycles. The Balaban J connectivity index is 2.06. The molecule has 3 rings (SSSR count). The van der Waals surface area contributed by atoms with Crippen LogP contribution in [0.1, 0.15) is 18.4 Å². The Hall–Kier alpha value is -1.49. The summed E-state index contributed by atoms with van der Waals surface area (Å²) in [5, 5.41) is 19.3. The first-order valence-electron chi connectivity index (χ1n) is 5.61. The molecule has 0 bridgehead atoms. The maximum absolute atomic E-state index is 13.9. The molecule has 1 saturated carbocycles. The van der Waals surface area contributed by atoms with E-state index in [0.29, 0.717) is 37.6 Å². The predicted octanol–water partition coefficient (Wildman–Crippen LogP) is 1.37. The number of fused-ring (bicyclic) bond motifs is 1. The van der Waals surface area contributed by atoms with Crippen LogP contribution in [0.25, 0.3) is 0 Å². The highest BCUT2D eigenvalue weighted by Gasteiger charge is 2.42. The highest BCUT2D eigenvalue weighted by molar-refractivity contribution is 5.53. The molecular formula is C12H13FO4. The molecule has 0 unspecified atom stereocenters. The van der Waals surface area contributed by atoms with Crippen molar-refractivity contribution in [1.29, 1.82) is 0 Å². The van der Waals surface area contributed by atoms with Gasteiger partial charge in [-0.05, 0) is 12.8 Å². The van der Waals surface area contributed by atoms with Crippen molar-refractivity contribution in [2.24, 2.45) is 0 Å². The van der Waals surface area contributed by atoms with E-state index in [-0.39, 0.29) is 12.0 Å². The van der Waals surface area contributed by atoms with Crippen molar-refractivity contribution >= 4 is 0 Å².